The van der Waals surface area contributed by atoms with E-state index in [4.69, 9.17) is 0 Å². The van der Waals surface area contributed by atoms with E-state index in [9.17, 15) is 14.3 Å². The molecule has 0 spiro atoms. The molecule has 0 aromatic heterocycles. The molecule has 4 nitrogen and oxygen atoms in total. The summed E-state index contributed by atoms with van der Waals surface area (Å²) in [5.74, 6) is 0.227. The van der Waals surface area contributed by atoms with Crippen LogP contribution < -0.4 is 0 Å². The first-order valence-corrected chi connectivity index (χ1v) is 5.21. The molecule has 1 rings (SSSR count). The average Bonchev–Trinajstić information content (AvgIpc) is 2.18. The highest BCUT2D eigenvalue weighted by molar-refractivity contribution is 7.85. The molecule has 0 heterocycles. The Morgan fingerprint density at radius 3 is 2.71 bits per heavy atom. The fraction of sp³-hybridized carbons (Fsp3) is 0.111. The molecule has 0 bridgehead atoms. The quantitative estimate of drug-likeness (QED) is 0.434. The molecule has 0 aliphatic carbocycles. The van der Waals surface area contributed by atoms with Gasteiger partial charge in [0.25, 0.3) is 5.69 Å². The lowest BCUT2D eigenvalue weighted by molar-refractivity contribution is -0.387. The van der Waals surface area contributed by atoms with Gasteiger partial charge in [0.2, 0.25) is 0 Å². The first kappa shape index (κ1) is 10.6. The lowest BCUT2D eigenvalue weighted by Gasteiger charge is -1.99. The van der Waals surface area contributed by atoms with Crippen molar-refractivity contribution in [1.29, 1.82) is 0 Å². The van der Waals surface area contributed by atoms with Crippen molar-refractivity contribution in [1.82, 2.24) is 0 Å². The molecule has 0 radical (unpaired) electrons. The molecule has 5 heteroatoms. The van der Waals surface area contributed by atoms with E-state index in [2.05, 4.69) is 6.58 Å². The Morgan fingerprint density at radius 1 is 1.50 bits per heavy atom. The maximum atomic E-state index is 11.5. The van der Waals surface area contributed by atoms with Gasteiger partial charge in [-0.15, -0.1) is 6.58 Å². The number of hydrogen-bond donors (Lipinski definition) is 0. The third kappa shape index (κ3) is 2.26. The van der Waals surface area contributed by atoms with Crippen molar-refractivity contribution in [2.24, 2.45) is 0 Å². The van der Waals surface area contributed by atoms with Crippen LogP contribution in [0, 0.1) is 10.1 Å². The Balaban J connectivity index is 3.12. The van der Waals surface area contributed by atoms with Gasteiger partial charge in [-0.3, -0.25) is 14.3 Å². The van der Waals surface area contributed by atoms with Crippen LogP contribution in [0.5, 0.6) is 0 Å². The summed E-state index contributed by atoms with van der Waals surface area (Å²) in [5.41, 5.74) is -0.104. The van der Waals surface area contributed by atoms with E-state index in [1.807, 2.05) is 0 Å². The van der Waals surface area contributed by atoms with Gasteiger partial charge in [-0.2, -0.15) is 0 Å². The maximum Gasteiger partial charge on any atom is 0.285 e. The highest BCUT2D eigenvalue weighted by Gasteiger charge is 2.16. The second kappa shape index (κ2) is 4.66. The van der Waals surface area contributed by atoms with E-state index in [0.29, 0.717) is 0 Å². The van der Waals surface area contributed by atoms with Gasteiger partial charge in [-0.25, -0.2) is 0 Å². The molecular weight excluding hydrogens is 202 g/mol. The molecule has 1 aromatic rings. The van der Waals surface area contributed by atoms with Gasteiger partial charge in [0.15, 0.2) is 0 Å². The average molecular weight is 211 g/mol. The molecular formula is C9H9NO3S. The van der Waals surface area contributed by atoms with Crippen molar-refractivity contribution in [2.45, 2.75) is 4.90 Å². The molecule has 0 aliphatic heterocycles. The van der Waals surface area contributed by atoms with Crippen molar-refractivity contribution in [2.75, 3.05) is 5.75 Å². The smallest absolute Gasteiger partial charge is 0.258 e. The van der Waals surface area contributed by atoms with Crippen LogP contribution in [0.15, 0.2) is 41.8 Å². The van der Waals surface area contributed by atoms with Gasteiger partial charge in [-0.1, -0.05) is 18.2 Å². The predicted octanol–water partition coefficient (Wildman–Crippen LogP) is 1.89. The van der Waals surface area contributed by atoms with Gasteiger partial charge in [0.05, 0.1) is 15.7 Å². The number of nitro groups is 1. The zero-order chi connectivity index (χ0) is 10.6. The zero-order valence-corrected chi connectivity index (χ0v) is 8.20. The maximum absolute atomic E-state index is 11.5. The van der Waals surface area contributed by atoms with E-state index >= 15 is 0 Å². The summed E-state index contributed by atoms with van der Waals surface area (Å²) < 4.78 is 11.5. The largest absolute Gasteiger partial charge is 0.285 e. The molecule has 0 saturated carbocycles. The minimum Gasteiger partial charge on any atom is -0.258 e. The summed E-state index contributed by atoms with van der Waals surface area (Å²) in [5, 5.41) is 10.6. The van der Waals surface area contributed by atoms with E-state index in [0.717, 1.165) is 0 Å². The first-order valence-electron chi connectivity index (χ1n) is 3.89. The van der Waals surface area contributed by atoms with Gasteiger partial charge in [0, 0.05) is 11.8 Å². The highest BCUT2D eigenvalue weighted by Crippen LogP contribution is 2.21. The molecule has 1 aromatic carbocycles. The van der Waals surface area contributed by atoms with E-state index in [1.165, 1.54) is 18.2 Å². The van der Waals surface area contributed by atoms with Crippen LogP contribution in [0.1, 0.15) is 0 Å². The Kier molecular flexibility index (Phi) is 3.53. The fourth-order valence-electron chi connectivity index (χ4n) is 0.997. The van der Waals surface area contributed by atoms with Crippen molar-refractivity contribution in [3.8, 4) is 0 Å². The van der Waals surface area contributed by atoms with Crippen LogP contribution in [0.3, 0.4) is 0 Å². The standard InChI is InChI=1S/C9H9NO3S/c1-2-7-14(13)9-6-4-3-5-8(9)10(11)12/h2-6H,1,7H2. The lowest BCUT2D eigenvalue weighted by Crippen LogP contribution is -2.00. The molecule has 0 amide bonds. The molecule has 0 fully saturated rings. The number of hydrogen-bond acceptors (Lipinski definition) is 3. The Hall–Kier alpha value is -1.49. The summed E-state index contributed by atoms with van der Waals surface area (Å²) in [6.45, 7) is 3.44. The third-order valence-corrected chi connectivity index (χ3v) is 2.95. The molecule has 1 unspecified atom stereocenters. The number of nitro benzene ring substituents is 1. The van der Waals surface area contributed by atoms with Gasteiger partial charge in [0.1, 0.15) is 4.90 Å². The topological polar surface area (TPSA) is 60.2 Å². The Morgan fingerprint density at radius 2 is 2.14 bits per heavy atom. The fourth-order valence-corrected chi connectivity index (χ4v) is 2.00. The number of rotatable bonds is 4. The summed E-state index contributed by atoms with van der Waals surface area (Å²) in [7, 11) is -1.38. The molecule has 74 valence electrons. The number of para-hydroxylation sites is 1. The van der Waals surface area contributed by atoms with Crippen LogP contribution in [0.4, 0.5) is 5.69 Å². The minimum absolute atomic E-state index is 0.104. The second-order valence-electron chi connectivity index (χ2n) is 2.53. The molecule has 0 aliphatic rings. The minimum atomic E-state index is -1.38. The van der Waals surface area contributed by atoms with E-state index in [1.54, 1.807) is 12.1 Å². The van der Waals surface area contributed by atoms with Crippen molar-refractivity contribution in [3.05, 3.63) is 47.0 Å². The van der Waals surface area contributed by atoms with Crippen molar-refractivity contribution < 1.29 is 9.13 Å². The zero-order valence-electron chi connectivity index (χ0n) is 7.38. The molecule has 14 heavy (non-hydrogen) atoms. The summed E-state index contributed by atoms with van der Waals surface area (Å²) in [6.07, 6.45) is 1.48. The van der Waals surface area contributed by atoms with Gasteiger partial charge >= 0.3 is 0 Å². The second-order valence-corrected chi connectivity index (χ2v) is 3.99. The normalized spacial score (nSPS) is 12.0. The lowest BCUT2D eigenvalue weighted by atomic mass is 10.3. The summed E-state index contributed by atoms with van der Waals surface area (Å²) >= 11 is 0. The predicted molar refractivity (Wildman–Crippen MR) is 54.6 cm³/mol. The van der Waals surface area contributed by atoms with E-state index < -0.39 is 15.7 Å². The SMILES string of the molecule is C=CCS(=O)c1ccccc1[N+](=O)[O-]. The van der Waals surface area contributed by atoms with Crippen LogP contribution >= 0.6 is 0 Å². The van der Waals surface area contributed by atoms with Crippen LogP contribution in [0.25, 0.3) is 0 Å². The summed E-state index contributed by atoms with van der Waals surface area (Å²) in [6, 6.07) is 6.02. The monoisotopic (exact) mass is 211 g/mol. The van der Waals surface area contributed by atoms with Gasteiger partial charge in [-0.05, 0) is 6.07 Å². The van der Waals surface area contributed by atoms with Crippen LogP contribution in [-0.2, 0) is 10.8 Å². The molecule has 0 saturated heterocycles. The van der Waals surface area contributed by atoms with Crippen molar-refractivity contribution >= 4 is 16.5 Å². The van der Waals surface area contributed by atoms with Gasteiger partial charge < -0.3 is 0 Å². The third-order valence-electron chi connectivity index (χ3n) is 1.58. The van der Waals surface area contributed by atoms with Crippen molar-refractivity contribution in [3.63, 3.8) is 0 Å². The number of nitrogens with zero attached hydrogens (tertiary/aromatic N) is 1. The van der Waals surface area contributed by atoms with Crippen LogP contribution in [-0.4, -0.2) is 14.9 Å². The first-order chi connectivity index (χ1) is 6.66. The molecule has 1 atom stereocenters. The summed E-state index contributed by atoms with van der Waals surface area (Å²) in [4.78, 5) is 10.3. The molecule has 0 N–H and O–H groups in total. The Labute approximate surface area is 83.9 Å². The number of benzene rings is 1. The highest BCUT2D eigenvalue weighted by atomic mass is 32.2. The van der Waals surface area contributed by atoms with Crippen LogP contribution in [0.2, 0.25) is 0 Å². The Bertz CT molecular complexity index is 389. The van der Waals surface area contributed by atoms with E-state index in [-0.39, 0.29) is 16.3 Å².